The summed E-state index contributed by atoms with van der Waals surface area (Å²) in [5.41, 5.74) is 6.84. The fourth-order valence-corrected chi connectivity index (χ4v) is 2.04. The summed E-state index contributed by atoms with van der Waals surface area (Å²) in [7, 11) is 0. The highest BCUT2D eigenvalue weighted by atomic mass is 19.1. The van der Waals surface area contributed by atoms with E-state index in [-0.39, 0.29) is 5.82 Å². The van der Waals surface area contributed by atoms with E-state index >= 15 is 0 Å². The van der Waals surface area contributed by atoms with E-state index in [0.29, 0.717) is 29.9 Å². The topological polar surface area (TPSA) is 57.0 Å². The summed E-state index contributed by atoms with van der Waals surface area (Å²) in [6, 6.07) is 8.58. The molecular weight excluding hydrogens is 233 g/mol. The molecule has 0 saturated heterocycles. The fraction of sp³-hybridized carbons (Fsp3) is 0.154. The van der Waals surface area contributed by atoms with E-state index in [0.717, 1.165) is 5.76 Å². The zero-order chi connectivity index (χ0) is 12.5. The smallest absolute Gasteiger partial charge is 0.201 e. The number of benzene rings is 1. The Morgan fingerprint density at radius 3 is 2.94 bits per heavy atom. The first kappa shape index (κ1) is 10.8. The maximum atomic E-state index is 13.5. The molecule has 0 saturated carbocycles. The lowest BCUT2D eigenvalue weighted by molar-refractivity contribution is 0.494. The van der Waals surface area contributed by atoms with Crippen LogP contribution in [0.4, 0.5) is 10.3 Å². The lowest BCUT2D eigenvalue weighted by atomic mass is 10.3. The quantitative estimate of drug-likeness (QED) is 0.771. The second-order valence-electron chi connectivity index (χ2n) is 4.06. The van der Waals surface area contributed by atoms with Gasteiger partial charge in [0.15, 0.2) is 5.82 Å². The molecule has 0 spiro atoms. The second-order valence-corrected chi connectivity index (χ2v) is 4.06. The predicted molar refractivity (Wildman–Crippen MR) is 66.5 cm³/mol. The molecule has 0 radical (unpaired) electrons. The van der Waals surface area contributed by atoms with Crippen molar-refractivity contribution >= 4 is 17.0 Å². The molecule has 0 aliphatic carbocycles. The summed E-state index contributed by atoms with van der Waals surface area (Å²) in [6.45, 7) is 0.610. The van der Waals surface area contributed by atoms with Crippen LogP contribution in [0, 0.1) is 5.82 Å². The van der Waals surface area contributed by atoms with Gasteiger partial charge in [-0.25, -0.2) is 9.37 Å². The summed E-state index contributed by atoms with van der Waals surface area (Å²) in [5, 5.41) is 0. The number of halogens is 1. The molecule has 18 heavy (non-hydrogen) atoms. The first-order chi connectivity index (χ1) is 8.75. The van der Waals surface area contributed by atoms with Crippen LogP contribution in [0.5, 0.6) is 0 Å². The largest absolute Gasteiger partial charge is 0.469 e. The average Bonchev–Trinajstić information content (AvgIpc) is 2.95. The molecule has 3 rings (SSSR count). The number of nitrogens with two attached hydrogens (primary N) is 1. The van der Waals surface area contributed by atoms with Crippen LogP contribution < -0.4 is 5.73 Å². The summed E-state index contributed by atoms with van der Waals surface area (Å²) in [6.07, 6.45) is 2.32. The van der Waals surface area contributed by atoms with Crippen LogP contribution in [-0.4, -0.2) is 9.55 Å². The van der Waals surface area contributed by atoms with E-state index in [4.69, 9.17) is 10.2 Å². The van der Waals surface area contributed by atoms with Gasteiger partial charge < -0.3 is 14.7 Å². The van der Waals surface area contributed by atoms with Crippen LogP contribution >= 0.6 is 0 Å². The highest BCUT2D eigenvalue weighted by Gasteiger charge is 2.11. The van der Waals surface area contributed by atoms with Crippen LogP contribution in [-0.2, 0) is 13.0 Å². The van der Waals surface area contributed by atoms with E-state index in [2.05, 4.69) is 4.98 Å². The Morgan fingerprint density at radius 1 is 1.28 bits per heavy atom. The third kappa shape index (κ3) is 1.73. The van der Waals surface area contributed by atoms with Gasteiger partial charge in [-0.3, -0.25) is 0 Å². The van der Waals surface area contributed by atoms with Crippen molar-refractivity contribution < 1.29 is 8.81 Å². The van der Waals surface area contributed by atoms with Crippen molar-refractivity contribution in [3.05, 3.63) is 48.2 Å². The SMILES string of the molecule is Nc1nc2c(F)cccc2n1CCc1ccco1. The molecule has 2 N–H and O–H groups in total. The standard InChI is InChI=1S/C13H12FN3O/c14-10-4-1-5-11-12(10)16-13(15)17(11)7-6-9-3-2-8-18-9/h1-5,8H,6-7H2,(H2,15,16). The van der Waals surface area contributed by atoms with Crippen LogP contribution in [0.2, 0.25) is 0 Å². The van der Waals surface area contributed by atoms with Gasteiger partial charge in [0.25, 0.3) is 0 Å². The van der Waals surface area contributed by atoms with Crippen molar-refractivity contribution in [3.63, 3.8) is 0 Å². The van der Waals surface area contributed by atoms with Crippen LogP contribution in [0.1, 0.15) is 5.76 Å². The molecule has 5 heteroatoms. The zero-order valence-electron chi connectivity index (χ0n) is 9.64. The van der Waals surface area contributed by atoms with Crippen molar-refractivity contribution in [3.8, 4) is 0 Å². The number of imidazole rings is 1. The average molecular weight is 245 g/mol. The Labute approximate surface area is 103 Å². The van der Waals surface area contributed by atoms with E-state index in [9.17, 15) is 4.39 Å². The normalized spacial score (nSPS) is 11.2. The zero-order valence-corrected chi connectivity index (χ0v) is 9.64. The third-order valence-electron chi connectivity index (χ3n) is 2.92. The van der Waals surface area contributed by atoms with E-state index in [1.54, 1.807) is 16.9 Å². The number of para-hydroxylation sites is 1. The first-order valence-corrected chi connectivity index (χ1v) is 5.68. The number of hydrogen-bond acceptors (Lipinski definition) is 3. The Hall–Kier alpha value is -2.30. The molecule has 2 aromatic heterocycles. The highest BCUT2D eigenvalue weighted by molar-refractivity contribution is 5.78. The van der Waals surface area contributed by atoms with Gasteiger partial charge in [-0.1, -0.05) is 6.07 Å². The Kier molecular flexibility index (Phi) is 2.51. The van der Waals surface area contributed by atoms with Crippen molar-refractivity contribution in [1.82, 2.24) is 9.55 Å². The summed E-state index contributed by atoms with van der Waals surface area (Å²) < 4.78 is 20.6. The van der Waals surface area contributed by atoms with Gasteiger partial charge in [0.05, 0.1) is 11.8 Å². The summed E-state index contributed by atoms with van der Waals surface area (Å²) in [4.78, 5) is 4.05. The molecule has 0 fully saturated rings. The molecule has 1 aromatic carbocycles. The Balaban J connectivity index is 1.96. The molecule has 0 amide bonds. The van der Waals surface area contributed by atoms with Gasteiger partial charge in [0.1, 0.15) is 11.3 Å². The van der Waals surface area contributed by atoms with Crippen molar-refractivity contribution in [2.75, 3.05) is 5.73 Å². The maximum absolute atomic E-state index is 13.5. The van der Waals surface area contributed by atoms with E-state index < -0.39 is 0 Å². The number of hydrogen-bond donors (Lipinski definition) is 1. The molecule has 0 atom stereocenters. The molecule has 2 heterocycles. The molecule has 4 nitrogen and oxygen atoms in total. The van der Waals surface area contributed by atoms with Gasteiger partial charge in [0, 0.05) is 13.0 Å². The minimum Gasteiger partial charge on any atom is -0.469 e. The van der Waals surface area contributed by atoms with Gasteiger partial charge >= 0.3 is 0 Å². The number of aromatic nitrogens is 2. The van der Waals surface area contributed by atoms with Gasteiger partial charge in [-0.2, -0.15) is 0 Å². The molecule has 0 aliphatic heterocycles. The van der Waals surface area contributed by atoms with Crippen LogP contribution in [0.25, 0.3) is 11.0 Å². The number of anilines is 1. The molecule has 0 unspecified atom stereocenters. The van der Waals surface area contributed by atoms with Gasteiger partial charge in [-0.05, 0) is 24.3 Å². The van der Waals surface area contributed by atoms with Crippen molar-refractivity contribution in [1.29, 1.82) is 0 Å². The van der Waals surface area contributed by atoms with Crippen LogP contribution in [0.15, 0.2) is 41.0 Å². The molecule has 0 aliphatic rings. The van der Waals surface area contributed by atoms with Gasteiger partial charge in [-0.15, -0.1) is 0 Å². The highest BCUT2D eigenvalue weighted by Crippen LogP contribution is 2.20. The van der Waals surface area contributed by atoms with E-state index in [1.807, 2.05) is 18.2 Å². The predicted octanol–water partition coefficient (Wildman–Crippen LogP) is 2.59. The molecule has 3 aromatic rings. The third-order valence-corrected chi connectivity index (χ3v) is 2.92. The van der Waals surface area contributed by atoms with Crippen molar-refractivity contribution in [2.24, 2.45) is 0 Å². The number of furan rings is 1. The molecule has 92 valence electrons. The number of nitrogens with zero attached hydrogens (tertiary/aromatic N) is 2. The first-order valence-electron chi connectivity index (χ1n) is 5.68. The summed E-state index contributed by atoms with van der Waals surface area (Å²) in [5.74, 6) is 0.838. The molecule has 0 bridgehead atoms. The minimum absolute atomic E-state index is 0.314. The monoisotopic (exact) mass is 245 g/mol. The molecular formula is C13H12FN3O. The number of fused-ring (bicyclic) bond motifs is 1. The number of nitrogen functional groups attached to an aromatic ring is 1. The lowest BCUT2D eigenvalue weighted by Gasteiger charge is -2.04. The maximum Gasteiger partial charge on any atom is 0.201 e. The lowest BCUT2D eigenvalue weighted by Crippen LogP contribution is -2.05. The van der Waals surface area contributed by atoms with Crippen LogP contribution in [0.3, 0.4) is 0 Å². The van der Waals surface area contributed by atoms with E-state index in [1.165, 1.54) is 6.07 Å². The summed E-state index contributed by atoms with van der Waals surface area (Å²) >= 11 is 0. The minimum atomic E-state index is -0.351. The Bertz CT molecular complexity index is 673. The van der Waals surface area contributed by atoms with Gasteiger partial charge in [0.2, 0.25) is 5.95 Å². The number of aryl methyl sites for hydroxylation is 2. The fourth-order valence-electron chi connectivity index (χ4n) is 2.04. The number of rotatable bonds is 3. The second kappa shape index (κ2) is 4.18. The Morgan fingerprint density at radius 2 is 2.17 bits per heavy atom. The van der Waals surface area contributed by atoms with Crippen molar-refractivity contribution in [2.45, 2.75) is 13.0 Å².